The zero-order chi connectivity index (χ0) is 6.99. The molecule has 3 nitrogen and oxygen atoms in total. The molecule has 0 rings (SSSR count). The van der Waals surface area contributed by atoms with Gasteiger partial charge >= 0.3 is 29.6 Å². The first kappa shape index (κ1) is 16.5. The molecule has 9 heavy (non-hydrogen) atoms. The molecule has 0 aromatic carbocycles. The van der Waals surface area contributed by atoms with Crippen LogP contribution in [0, 0.1) is 0 Å². The molecule has 0 radical (unpaired) electrons. The van der Waals surface area contributed by atoms with Crippen molar-refractivity contribution in [1.82, 2.24) is 0 Å². The third-order valence-corrected chi connectivity index (χ3v) is 0.264. The maximum absolute atomic E-state index is 8.11. The minimum absolute atomic E-state index is 0. The molecular formula is C5H15NaO3. The predicted molar refractivity (Wildman–Crippen MR) is 38.8 cm³/mol. The predicted octanol–water partition coefficient (Wildman–Crippen LogP) is -1.03. The average Bonchev–Trinajstić information content (AvgIpc) is 1.69. The van der Waals surface area contributed by atoms with Crippen molar-refractivity contribution in [2.24, 2.45) is 0 Å². The first-order valence-electron chi connectivity index (χ1n) is 2.38. The van der Waals surface area contributed by atoms with E-state index in [2.05, 4.69) is 4.74 Å². The maximum atomic E-state index is 8.11. The summed E-state index contributed by atoms with van der Waals surface area (Å²) in [6, 6.07) is 0. The molecule has 1 unspecified atom stereocenters. The molecule has 2 N–H and O–H groups in total. The van der Waals surface area contributed by atoms with E-state index in [1.807, 2.05) is 0 Å². The Morgan fingerprint density at radius 3 is 1.56 bits per heavy atom. The molecule has 0 saturated carbocycles. The van der Waals surface area contributed by atoms with Crippen molar-refractivity contribution in [3.8, 4) is 0 Å². The molecule has 1 atom stereocenters. The fourth-order valence-electron chi connectivity index (χ4n) is 0. The third kappa shape index (κ3) is 50.7. The molecule has 0 saturated heterocycles. The number of aliphatic hydroxyl groups is 2. The van der Waals surface area contributed by atoms with Gasteiger partial charge in [-0.05, 0) is 6.92 Å². The van der Waals surface area contributed by atoms with Gasteiger partial charge in [-0.3, -0.25) is 0 Å². The van der Waals surface area contributed by atoms with E-state index in [9.17, 15) is 0 Å². The molecule has 0 fully saturated rings. The number of hydrogen-bond donors (Lipinski definition) is 2. The standard InChI is InChI=1S/C3H8O2.C2H6O.Na.H/c1-3(5)2-4;1-3-2;;/h3-5H,2H2,1H3;1-2H3;;. The monoisotopic (exact) mass is 146 g/mol. The van der Waals surface area contributed by atoms with Gasteiger partial charge in [-0.15, -0.1) is 0 Å². The Labute approximate surface area is 78.3 Å². The van der Waals surface area contributed by atoms with Crippen LogP contribution < -0.4 is 0 Å². The van der Waals surface area contributed by atoms with Crippen LogP contribution in [-0.2, 0) is 4.74 Å². The number of ether oxygens (including phenoxy) is 1. The van der Waals surface area contributed by atoms with Crippen LogP contribution in [-0.4, -0.2) is 66.7 Å². The van der Waals surface area contributed by atoms with Crippen molar-refractivity contribution >= 4 is 29.6 Å². The normalized spacial score (nSPS) is 10.3. The Hall–Kier alpha value is 0.880. The SMILES string of the molecule is CC(O)CO.COC.[NaH]. The van der Waals surface area contributed by atoms with Crippen LogP contribution >= 0.6 is 0 Å². The van der Waals surface area contributed by atoms with E-state index in [0.29, 0.717) is 0 Å². The van der Waals surface area contributed by atoms with Gasteiger partial charge in [-0.1, -0.05) is 0 Å². The van der Waals surface area contributed by atoms with Crippen LogP contribution in [0.1, 0.15) is 6.92 Å². The average molecular weight is 146 g/mol. The van der Waals surface area contributed by atoms with Gasteiger partial charge in [0.05, 0.1) is 12.7 Å². The Bertz CT molecular complexity index is 33.4. The van der Waals surface area contributed by atoms with E-state index in [0.717, 1.165) is 0 Å². The van der Waals surface area contributed by atoms with Crippen LogP contribution in [0.15, 0.2) is 0 Å². The summed E-state index contributed by atoms with van der Waals surface area (Å²) in [4.78, 5) is 0. The fraction of sp³-hybridized carbons (Fsp3) is 1.00. The molecule has 54 valence electrons. The van der Waals surface area contributed by atoms with Crippen LogP contribution in [0.25, 0.3) is 0 Å². The number of aliphatic hydroxyl groups excluding tert-OH is 2. The molecule has 0 bridgehead atoms. The van der Waals surface area contributed by atoms with Crippen molar-refractivity contribution in [2.75, 3.05) is 20.8 Å². The fourth-order valence-corrected chi connectivity index (χ4v) is 0. The minimum atomic E-state index is -0.560. The second-order valence-corrected chi connectivity index (χ2v) is 1.44. The summed E-state index contributed by atoms with van der Waals surface area (Å²) >= 11 is 0. The molecule has 0 spiro atoms. The van der Waals surface area contributed by atoms with Gasteiger partial charge in [0, 0.05) is 14.2 Å². The molecule has 0 amide bonds. The van der Waals surface area contributed by atoms with Crippen molar-refractivity contribution in [2.45, 2.75) is 13.0 Å². The van der Waals surface area contributed by atoms with Gasteiger partial charge in [-0.2, -0.15) is 0 Å². The molecule has 0 aromatic rings. The summed E-state index contributed by atoms with van der Waals surface area (Å²) in [5.74, 6) is 0. The molecule has 0 heterocycles. The first-order valence-corrected chi connectivity index (χ1v) is 2.38. The molecule has 0 aromatic heterocycles. The van der Waals surface area contributed by atoms with Crippen LogP contribution in [0.4, 0.5) is 0 Å². The molecular weight excluding hydrogens is 131 g/mol. The summed E-state index contributed by atoms with van der Waals surface area (Å²) in [6.07, 6.45) is -0.560. The quantitative estimate of drug-likeness (QED) is 0.465. The Morgan fingerprint density at radius 2 is 1.56 bits per heavy atom. The van der Waals surface area contributed by atoms with Gasteiger partial charge in [0.1, 0.15) is 0 Å². The summed E-state index contributed by atoms with van der Waals surface area (Å²) in [6.45, 7) is 1.39. The van der Waals surface area contributed by atoms with Crippen molar-refractivity contribution in [3.63, 3.8) is 0 Å². The van der Waals surface area contributed by atoms with E-state index >= 15 is 0 Å². The van der Waals surface area contributed by atoms with E-state index in [1.54, 1.807) is 14.2 Å². The van der Waals surface area contributed by atoms with Gasteiger partial charge in [-0.25, -0.2) is 0 Å². The second kappa shape index (κ2) is 15.9. The summed E-state index contributed by atoms with van der Waals surface area (Å²) in [7, 11) is 3.25. The molecule has 0 aliphatic rings. The first-order chi connectivity index (χ1) is 3.68. The zero-order valence-corrected chi connectivity index (χ0v) is 5.59. The summed E-state index contributed by atoms with van der Waals surface area (Å²) < 4.78 is 4.25. The third-order valence-electron chi connectivity index (χ3n) is 0.264. The van der Waals surface area contributed by atoms with E-state index in [4.69, 9.17) is 10.2 Å². The van der Waals surface area contributed by atoms with Crippen LogP contribution in [0.5, 0.6) is 0 Å². The molecule has 4 heteroatoms. The van der Waals surface area contributed by atoms with Gasteiger partial charge < -0.3 is 14.9 Å². The Kier molecular flexibility index (Phi) is 29.2. The van der Waals surface area contributed by atoms with Gasteiger partial charge in [0.25, 0.3) is 0 Å². The van der Waals surface area contributed by atoms with Crippen LogP contribution in [0.3, 0.4) is 0 Å². The van der Waals surface area contributed by atoms with Crippen molar-refractivity contribution in [3.05, 3.63) is 0 Å². The number of hydrogen-bond acceptors (Lipinski definition) is 3. The number of rotatable bonds is 1. The molecule has 0 aliphatic heterocycles. The summed E-state index contributed by atoms with van der Waals surface area (Å²) in [5.41, 5.74) is 0. The van der Waals surface area contributed by atoms with E-state index < -0.39 is 6.10 Å². The second-order valence-electron chi connectivity index (χ2n) is 1.44. The van der Waals surface area contributed by atoms with Gasteiger partial charge in [0.15, 0.2) is 0 Å². The molecule has 0 aliphatic carbocycles. The zero-order valence-electron chi connectivity index (χ0n) is 5.59. The summed E-state index contributed by atoms with van der Waals surface area (Å²) in [5, 5.41) is 16.0. The van der Waals surface area contributed by atoms with Crippen LogP contribution in [0.2, 0.25) is 0 Å². The number of methoxy groups -OCH3 is 1. The Morgan fingerprint density at radius 1 is 1.44 bits per heavy atom. The van der Waals surface area contributed by atoms with Crippen molar-refractivity contribution in [1.29, 1.82) is 0 Å². The van der Waals surface area contributed by atoms with Crippen molar-refractivity contribution < 1.29 is 14.9 Å². The van der Waals surface area contributed by atoms with E-state index in [1.165, 1.54) is 6.92 Å². The van der Waals surface area contributed by atoms with E-state index in [-0.39, 0.29) is 36.2 Å². The van der Waals surface area contributed by atoms with Gasteiger partial charge in [0.2, 0.25) is 0 Å². The topological polar surface area (TPSA) is 49.7 Å². The Balaban J connectivity index is -0.0000000800.